The van der Waals surface area contributed by atoms with Gasteiger partial charge in [-0.2, -0.15) is 0 Å². The molecule has 2 heterocycles. The Labute approximate surface area is 325 Å². The molecule has 2 aliphatic rings. The Hall–Kier alpha value is -7.36. The summed E-state index contributed by atoms with van der Waals surface area (Å²) in [6, 6.07) is 70.5. The molecule has 0 fully saturated rings. The van der Waals surface area contributed by atoms with Crippen molar-refractivity contribution in [2.24, 2.45) is 4.99 Å². The molecule has 56 heavy (non-hydrogen) atoms. The summed E-state index contributed by atoms with van der Waals surface area (Å²) >= 11 is 0. The maximum absolute atomic E-state index is 6.37. The molecule has 8 aromatic carbocycles. The highest BCUT2D eigenvalue weighted by molar-refractivity contribution is 6.24. The number of ether oxygens (including phenoxy) is 1. The van der Waals surface area contributed by atoms with Crippen LogP contribution in [-0.4, -0.2) is 10.7 Å². The Morgan fingerprint density at radius 2 is 0.964 bits per heavy atom. The fourth-order valence-electron chi connectivity index (χ4n) is 8.47. The van der Waals surface area contributed by atoms with Crippen LogP contribution in [0.2, 0.25) is 0 Å². The van der Waals surface area contributed by atoms with E-state index in [9.17, 15) is 0 Å². The predicted molar refractivity (Wildman–Crippen MR) is 230 cm³/mol. The summed E-state index contributed by atoms with van der Waals surface area (Å²) in [6.45, 7) is 0. The molecule has 0 amide bonds. The lowest BCUT2D eigenvalue weighted by molar-refractivity contribution is 0.483. The molecular formula is C53H34N2O. The van der Waals surface area contributed by atoms with Crippen LogP contribution in [0.15, 0.2) is 205 Å². The fourth-order valence-corrected chi connectivity index (χ4v) is 8.47. The number of nitrogens with zero attached hydrogens (tertiary/aromatic N) is 2. The second-order valence-electron chi connectivity index (χ2n) is 14.5. The molecule has 9 aromatic rings. The van der Waals surface area contributed by atoms with E-state index in [1.807, 2.05) is 24.3 Å². The number of hydrogen-bond acceptors (Lipinski definition) is 3. The van der Waals surface area contributed by atoms with Crippen molar-refractivity contribution in [3.63, 3.8) is 0 Å². The minimum atomic E-state index is 0.0889. The first kappa shape index (κ1) is 32.1. The number of hydrogen-bond donors (Lipinski definition) is 0. The molecule has 0 bridgehead atoms. The van der Waals surface area contributed by atoms with E-state index in [2.05, 4.69) is 176 Å². The van der Waals surface area contributed by atoms with Crippen LogP contribution < -0.4 is 4.74 Å². The SMILES string of the molecule is c1ccc(-c2cc(-c3ccccc3)nc(-c3ccc(Oc4ccc(-c5ccc6c(c5)C5C(=Nc7ccccc75)c5c-6ccc6ccccc56)cc4)cc3)c2)cc1. The first-order chi connectivity index (χ1) is 27.7. The zero-order valence-corrected chi connectivity index (χ0v) is 30.4. The van der Waals surface area contributed by atoms with Gasteiger partial charge in [-0.25, -0.2) is 4.98 Å². The van der Waals surface area contributed by atoms with E-state index in [4.69, 9.17) is 14.7 Å². The Balaban J connectivity index is 0.887. The molecular weight excluding hydrogens is 681 g/mol. The Bertz CT molecular complexity index is 2910. The van der Waals surface area contributed by atoms with Crippen molar-refractivity contribution in [1.29, 1.82) is 0 Å². The average Bonchev–Trinajstić information content (AvgIpc) is 3.67. The quantitative estimate of drug-likeness (QED) is 0.172. The van der Waals surface area contributed by atoms with Crippen molar-refractivity contribution in [3.05, 3.63) is 217 Å². The summed E-state index contributed by atoms with van der Waals surface area (Å²) < 4.78 is 6.37. The summed E-state index contributed by atoms with van der Waals surface area (Å²) in [4.78, 5) is 10.4. The van der Waals surface area contributed by atoms with E-state index < -0.39 is 0 Å². The van der Waals surface area contributed by atoms with Crippen LogP contribution in [0.3, 0.4) is 0 Å². The van der Waals surface area contributed by atoms with Crippen LogP contribution in [0.1, 0.15) is 22.6 Å². The molecule has 3 heteroatoms. The zero-order valence-electron chi connectivity index (χ0n) is 30.4. The molecule has 262 valence electrons. The van der Waals surface area contributed by atoms with Crippen LogP contribution in [0, 0.1) is 0 Å². The van der Waals surface area contributed by atoms with Crippen LogP contribution in [0.25, 0.3) is 66.7 Å². The Morgan fingerprint density at radius 3 is 1.71 bits per heavy atom. The maximum atomic E-state index is 6.37. The first-order valence-electron chi connectivity index (χ1n) is 19.1. The van der Waals surface area contributed by atoms with Gasteiger partial charge in [-0.05, 0) is 116 Å². The molecule has 1 aromatic heterocycles. The standard InChI is InChI=1S/C53H34N2O/c1-3-11-34(12-4-1)40-32-49(37-14-5-2-6-15-37)54-50(33-40)38-21-27-42(28-22-38)56-41-25-19-35(20-26-41)39-24-29-44-45-30-23-36-13-7-8-16-43(36)51(45)53-52(47(44)31-39)46-17-9-10-18-48(46)55-53/h1-33,52H. The maximum Gasteiger partial charge on any atom is 0.127 e. The van der Waals surface area contributed by atoms with Gasteiger partial charge in [0.2, 0.25) is 0 Å². The molecule has 11 rings (SSSR count). The number of fused-ring (bicyclic) bond motifs is 10. The number of rotatable bonds is 6. The molecule has 1 aliphatic heterocycles. The monoisotopic (exact) mass is 714 g/mol. The summed E-state index contributed by atoms with van der Waals surface area (Å²) in [7, 11) is 0. The lowest BCUT2D eigenvalue weighted by Gasteiger charge is -2.28. The molecule has 1 unspecified atom stereocenters. The Morgan fingerprint density at radius 1 is 0.393 bits per heavy atom. The van der Waals surface area contributed by atoms with Crippen molar-refractivity contribution in [2.75, 3.05) is 0 Å². The van der Waals surface area contributed by atoms with E-state index in [1.165, 1.54) is 44.2 Å². The number of aliphatic imine (C=N–C) groups is 1. The summed E-state index contributed by atoms with van der Waals surface area (Å²) in [5.41, 5.74) is 17.2. The van der Waals surface area contributed by atoms with E-state index in [0.717, 1.165) is 62.1 Å². The van der Waals surface area contributed by atoms with Gasteiger partial charge in [0.05, 0.1) is 28.7 Å². The zero-order chi connectivity index (χ0) is 37.0. The van der Waals surface area contributed by atoms with Gasteiger partial charge in [0.15, 0.2) is 0 Å². The lowest BCUT2D eigenvalue weighted by Crippen LogP contribution is -2.19. The third-order valence-corrected chi connectivity index (χ3v) is 11.2. The molecule has 1 atom stereocenters. The predicted octanol–water partition coefficient (Wildman–Crippen LogP) is 13.9. The number of benzene rings is 8. The second kappa shape index (κ2) is 13.2. The van der Waals surface area contributed by atoms with Gasteiger partial charge in [-0.15, -0.1) is 0 Å². The Kier molecular flexibility index (Phi) is 7.56. The third kappa shape index (κ3) is 5.52. The smallest absolute Gasteiger partial charge is 0.127 e. The van der Waals surface area contributed by atoms with Gasteiger partial charge >= 0.3 is 0 Å². The molecule has 1 aliphatic carbocycles. The molecule has 0 saturated heterocycles. The van der Waals surface area contributed by atoms with Gasteiger partial charge in [0, 0.05) is 16.7 Å². The van der Waals surface area contributed by atoms with Gasteiger partial charge in [0.1, 0.15) is 11.5 Å². The van der Waals surface area contributed by atoms with Gasteiger partial charge in [-0.1, -0.05) is 140 Å². The van der Waals surface area contributed by atoms with Crippen molar-refractivity contribution in [1.82, 2.24) is 4.98 Å². The van der Waals surface area contributed by atoms with Crippen molar-refractivity contribution < 1.29 is 4.74 Å². The van der Waals surface area contributed by atoms with Gasteiger partial charge < -0.3 is 4.74 Å². The number of pyridine rings is 1. The van der Waals surface area contributed by atoms with Crippen LogP contribution in [0.5, 0.6) is 11.5 Å². The number of para-hydroxylation sites is 1. The minimum Gasteiger partial charge on any atom is -0.457 e. The fraction of sp³-hybridized carbons (Fsp3) is 0.0189. The van der Waals surface area contributed by atoms with Crippen LogP contribution in [0.4, 0.5) is 5.69 Å². The average molecular weight is 715 g/mol. The second-order valence-corrected chi connectivity index (χ2v) is 14.5. The molecule has 0 saturated carbocycles. The minimum absolute atomic E-state index is 0.0889. The largest absolute Gasteiger partial charge is 0.457 e. The van der Waals surface area contributed by atoms with Crippen LogP contribution >= 0.6 is 0 Å². The lowest BCUT2D eigenvalue weighted by atomic mass is 9.73. The third-order valence-electron chi connectivity index (χ3n) is 11.2. The van der Waals surface area contributed by atoms with Gasteiger partial charge in [0.25, 0.3) is 0 Å². The van der Waals surface area contributed by atoms with Gasteiger partial charge in [-0.3, -0.25) is 4.99 Å². The molecule has 3 nitrogen and oxygen atoms in total. The molecule has 0 radical (unpaired) electrons. The number of aromatic nitrogens is 1. The highest BCUT2D eigenvalue weighted by Gasteiger charge is 2.37. The molecule has 0 spiro atoms. The van der Waals surface area contributed by atoms with Crippen LogP contribution in [-0.2, 0) is 0 Å². The summed E-state index contributed by atoms with van der Waals surface area (Å²) in [6.07, 6.45) is 0. The normalized spacial score (nSPS) is 13.6. The first-order valence-corrected chi connectivity index (χ1v) is 19.1. The topological polar surface area (TPSA) is 34.5 Å². The van der Waals surface area contributed by atoms with Crippen molar-refractivity contribution >= 4 is 22.2 Å². The summed E-state index contributed by atoms with van der Waals surface area (Å²) in [5.74, 6) is 1.65. The van der Waals surface area contributed by atoms with E-state index in [1.54, 1.807) is 0 Å². The highest BCUT2D eigenvalue weighted by atomic mass is 16.5. The van der Waals surface area contributed by atoms with E-state index >= 15 is 0 Å². The van der Waals surface area contributed by atoms with E-state index in [0.29, 0.717) is 0 Å². The van der Waals surface area contributed by atoms with Crippen molar-refractivity contribution in [2.45, 2.75) is 5.92 Å². The van der Waals surface area contributed by atoms with E-state index in [-0.39, 0.29) is 5.92 Å². The van der Waals surface area contributed by atoms with Crippen molar-refractivity contribution in [3.8, 4) is 67.4 Å². The molecule has 0 N–H and O–H groups in total. The summed E-state index contributed by atoms with van der Waals surface area (Å²) in [5, 5.41) is 2.50. The highest BCUT2D eigenvalue weighted by Crippen LogP contribution is 2.51.